The Hall–Kier alpha value is -3.46. The van der Waals surface area contributed by atoms with E-state index < -0.39 is 0 Å². The van der Waals surface area contributed by atoms with Crippen molar-refractivity contribution in [2.45, 2.75) is 25.7 Å². The lowest BCUT2D eigenvalue weighted by molar-refractivity contribution is 0.0713. The maximum atomic E-state index is 14.3. The number of aromatic nitrogens is 2. The molecule has 4 rings (SSSR count). The quantitative estimate of drug-likeness (QED) is 0.722. The van der Waals surface area contributed by atoms with Gasteiger partial charge in [-0.15, -0.1) is 0 Å². The van der Waals surface area contributed by atoms with E-state index in [4.69, 9.17) is 5.26 Å². The van der Waals surface area contributed by atoms with Crippen molar-refractivity contribution in [1.29, 1.82) is 5.26 Å². The Kier molecular flexibility index (Phi) is 5.13. The van der Waals surface area contributed by atoms with E-state index in [1.54, 1.807) is 19.2 Å². The molecule has 1 aliphatic heterocycles. The Balaban J connectivity index is 1.46. The third-order valence-electron chi connectivity index (χ3n) is 5.50. The van der Waals surface area contributed by atoms with E-state index in [2.05, 4.69) is 16.0 Å². The predicted molar refractivity (Wildman–Crippen MR) is 108 cm³/mol. The fraction of sp³-hybridized carbons (Fsp3) is 0.261. The molecule has 0 aliphatic carbocycles. The number of hydrogen-bond acceptors (Lipinski definition) is 3. The minimum atomic E-state index is -0.385. The van der Waals surface area contributed by atoms with Gasteiger partial charge in [0.2, 0.25) is 0 Å². The van der Waals surface area contributed by atoms with Crippen molar-refractivity contribution >= 4 is 5.91 Å². The summed E-state index contributed by atoms with van der Waals surface area (Å²) < 4.78 is 14.3. The molecule has 0 saturated carbocycles. The van der Waals surface area contributed by atoms with Crippen molar-refractivity contribution < 1.29 is 9.18 Å². The average Bonchev–Trinajstić information content (AvgIpc) is 3.20. The third-order valence-corrected chi connectivity index (χ3v) is 5.50. The number of benzene rings is 2. The number of nitriles is 1. The number of aromatic amines is 1. The highest BCUT2D eigenvalue weighted by Gasteiger charge is 2.25. The van der Waals surface area contributed by atoms with Crippen LogP contribution in [0.15, 0.2) is 48.7 Å². The van der Waals surface area contributed by atoms with E-state index in [0.29, 0.717) is 47.2 Å². The van der Waals surface area contributed by atoms with E-state index in [9.17, 15) is 9.18 Å². The molecule has 1 saturated heterocycles. The van der Waals surface area contributed by atoms with Crippen LogP contribution in [0.25, 0.3) is 11.3 Å². The lowest BCUT2D eigenvalue weighted by Gasteiger charge is -2.32. The van der Waals surface area contributed by atoms with Crippen molar-refractivity contribution in [3.05, 3.63) is 77.0 Å². The Morgan fingerprint density at radius 1 is 1.21 bits per heavy atom. The number of piperidine rings is 1. The number of aryl methyl sites for hydroxylation is 1. The maximum absolute atomic E-state index is 14.3. The minimum absolute atomic E-state index is 0.0826. The summed E-state index contributed by atoms with van der Waals surface area (Å²) in [5, 5.41) is 8.93. The Bertz CT molecular complexity index is 1070. The second kappa shape index (κ2) is 7.88. The molecular weight excluding hydrogens is 367 g/mol. The van der Waals surface area contributed by atoms with Gasteiger partial charge in [-0.05, 0) is 61.6 Å². The Morgan fingerprint density at radius 3 is 2.55 bits per heavy atom. The highest BCUT2D eigenvalue weighted by Crippen LogP contribution is 2.29. The second-order valence-electron chi connectivity index (χ2n) is 7.38. The van der Waals surface area contributed by atoms with Crippen molar-refractivity contribution in [3.63, 3.8) is 0 Å². The molecule has 1 N–H and O–H groups in total. The number of rotatable bonds is 3. The van der Waals surface area contributed by atoms with Crippen LogP contribution in [-0.4, -0.2) is 33.9 Å². The van der Waals surface area contributed by atoms with E-state index in [1.807, 2.05) is 29.2 Å². The third kappa shape index (κ3) is 3.90. The number of H-pyrrole nitrogens is 1. The first-order valence-electron chi connectivity index (χ1n) is 9.66. The fourth-order valence-electron chi connectivity index (χ4n) is 3.85. The van der Waals surface area contributed by atoms with Crippen molar-refractivity contribution in [3.8, 4) is 17.3 Å². The lowest BCUT2D eigenvalue weighted by Crippen LogP contribution is -2.37. The summed E-state index contributed by atoms with van der Waals surface area (Å²) in [6, 6.07) is 14.3. The van der Waals surface area contributed by atoms with Crippen LogP contribution in [-0.2, 0) is 0 Å². The van der Waals surface area contributed by atoms with Crippen LogP contribution in [0.1, 0.15) is 46.1 Å². The van der Waals surface area contributed by atoms with Gasteiger partial charge >= 0.3 is 0 Å². The summed E-state index contributed by atoms with van der Waals surface area (Å²) in [6.07, 6.45) is 3.31. The molecule has 1 amide bonds. The molecule has 0 spiro atoms. The minimum Gasteiger partial charge on any atom is -0.342 e. The molecule has 146 valence electrons. The van der Waals surface area contributed by atoms with Gasteiger partial charge in [-0.25, -0.2) is 9.37 Å². The molecule has 1 fully saturated rings. The molecule has 1 aliphatic rings. The van der Waals surface area contributed by atoms with Gasteiger partial charge in [-0.1, -0.05) is 12.1 Å². The van der Waals surface area contributed by atoms with Gasteiger partial charge in [-0.3, -0.25) is 4.79 Å². The summed E-state index contributed by atoms with van der Waals surface area (Å²) in [5.41, 5.74) is 3.25. The molecule has 0 radical (unpaired) electrons. The van der Waals surface area contributed by atoms with Crippen LogP contribution in [0, 0.1) is 24.1 Å². The number of likely N-dealkylation sites (tertiary alicyclic amines) is 1. The first-order chi connectivity index (χ1) is 14.0. The lowest BCUT2D eigenvalue weighted by atomic mass is 9.89. The monoisotopic (exact) mass is 388 g/mol. The molecule has 2 aromatic carbocycles. The molecule has 6 heteroatoms. The van der Waals surface area contributed by atoms with Gasteiger partial charge < -0.3 is 9.88 Å². The summed E-state index contributed by atoms with van der Waals surface area (Å²) in [5.74, 6) is 0.607. The van der Waals surface area contributed by atoms with Gasteiger partial charge in [-0.2, -0.15) is 5.26 Å². The summed E-state index contributed by atoms with van der Waals surface area (Å²) in [7, 11) is 0. The zero-order valence-corrected chi connectivity index (χ0v) is 16.2. The SMILES string of the molecule is Cc1ncc(-c2cc(C(=O)N3CCC(c4ccc(C#N)cc4)CC3)ccc2F)[nH]1. The highest BCUT2D eigenvalue weighted by atomic mass is 19.1. The number of imidazole rings is 1. The summed E-state index contributed by atoms with van der Waals surface area (Å²) in [6.45, 7) is 3.10. The van der Waals surface area contributed by atoms with Gasteiger partial charge in [0.15, 0.2) is 0 Å². The zero-order valence-electron chi connectivity index (χ0n) is 16.2. The first kappa shape index (κ1) is 18.9. The second-order valence-corrected chi connectivity index (χ2v) is 7.38. The normalized spacial score (nSPS) is 14.6. The number of halogens is 1. The molecule has 2 heterocycles. The Labute approximate surface area is 168 Å². The van der Waals surface area contributed by atoms with E-state index in [1.165, 1.54) is 17.7 Å². The zero-order chi connectivity index (χ0) is 20.4. The van der Waals surface area contributed by atoms with Gasteiger partial charge in [0, 0.05) is 24.2 Å². The molecule has 0 unspecified atom stereocenters. The molecule has 0 atom stereocenters. The maximum Gasteiger partial charge on any atom is 0.253 e. The number of nitrogens with zero attached hydrogens (tertiary/aromatic N) is 3. The number of hydrogen-bond donors (Lipinski definition) is 1. The molecular formula is C23H21FN4O. The number of nitrogens with one attached hydrogen (secondary N) is 1. The van der Waals surface area contributed by atoms with E-state index in [-0.39, 0.29) is 11.7 Å². The van der Waals surface area contributed by atoms with Gasteiger partial charge in [0.1, 0.15) is 11.6 Å². The summed E-state index contributed by atoms with van der Waals surface area (Å²) >= 11 is 0. The topological polar surface area (TPSA) is 72.8 Å². The predicted octanol–water partition coefficient (Wildman–Crippen LogP) is 4.42. The van der Waals surface area contributed by atoms with Crippen LogP contribution < -0.4 is 0 Å². The smallest absolute Gasteiger partial charge is 0.253 e. The van der Waals surface area contributed by atoms with Crippen molar-refractivity contribution in [2.75, 3.05) is 13.1 Å². The van der Waals surface area contributed by atoms with Crippen molar-refractivity contribution in [2.24, 2.45) is 0 Å². The average molecular weight is 388 g/mol. The van der Waals surface area contributed by atoms with E-state index in [0.717, 1.165) is 12.8 Å². The van der Waals surface area contributed by atoms with Gasteiger partial charge in [0.25, 0.3) is 5.91 Å². The Morgan fingerprint density at radius 2 is 1.93 bits per heavy atom. The van der Waals surface area contributed by atoms with Crippen molar-refractivity contribution in [1.82, 2.24) is 14.9 Å². The number of carbonyl (C=O) groups excluding carboxylic acids is 1. The fourth-order valence-corrected chi connectivity index (χ4v) is 3.85. The molecule has 1 aromatic heterocycles. The molecule has 3 aromatic rings. The van der Waals surface area contributed by atoms with E-state index >= 15 is 0 Å². The highest BCUT2D eigenvalue weighted by molar-refractivity contribution is 5.95. The summed E-state index contributed by atoms with van der Waals surface area (Å²) in [4.78, 5) is 21.9. The standard InChI is InChI=1S/C23H21FN4O/c1-15-26-14-22(27-15)20-12-19(6-7-21(20)24)23(29)28-10-8-18(9-11-28)17-4-2-16(13-25)3-5-17/h2-7,12,14,18H,8-11H2,1H3,(H,26,27). The van der Waals surface area contributed by atoms with Crippen LogP contribution in [0.5, 0.6) is 0 Å². The molecule has 0 bridgehead atoms. The van der Waals surface area contributed by atoms with Gasteiger partial charge in [0.05, 0.1) is 23.5 Å². The molecule has 5 nitrogen and oxygen atoms in total. The molecule has 29 heavy (non-hydrogen) atoms. The van der Waals surface area contributed by atoms with Crippen LogP contribution in [0.4, 0.5) is 4.39 Å². The number of carbonyl (C=O) groups is 1. The largest absolute Gasteiger partial charge is 0.342 e. The number of amides is 1. The first-order valence-corrected chi connectivity index (χ1v) is 9.66. The van der Waals surface area contributed by atoms with Crippen LogP contribution >= 0.6 is 0 Å². The van der Waals surface area contributed by atoms with Crippen LogP contribution in [0.3, 0.4) is 0 Å². The van der Waals surface area contributed by atoms with Crippen LogP contribution in [0.2, 0.25) is 0 Å².